The monoisotopic (exact) mass is 290 g/mol. The molecular formula is C12H19BrO3. The molecule has 1 aliphatic carbocycles. The van der Waals surface area contributed by atoms with Crippen molar-refractivity contribution in [2.45, 2.75) is 31.1 Å². The highest BCUT2D eigenvalue weighted by molar-refractivity contribution is 9.10. The van der Waals surface area contributed by atoms with Crippen LogP contribution < -0.4 is 0 Å². The molecule has 0 N–H and O–H groups in total. The summed E-state index contributed by atoms with van der Waals surface area (Å²) in [4.78, 5) is 0. The van der Waals surface area contributed by atoms with Crippen molar-refractivity contribution in [1.29, 1.82) is 0 Å². The maximum absolute atomic E-state index is 5.77. The normalized spacial score (nSPS) is 24.2. The van der Waals surface area contributed by atoms with E-state index in [4.69, 9.17) is 14.2 Å². The van der Waals surface area contributed by atoms with Crippen LogP contribution in [0.4, 0.5) is 0 Å². The van der Waals surface area contributed by atoms with Crippen molar-refractivity contribution in [2.24, 2.45) is 0 Å². The van der Waals surface area contributed by atoms with Crippen molar-refractivity contribution in [3.63, 3.8) is 0 Å². The van der Waals surface area contributed by atoms with Crippen LogP contribution >= 0.6 is 15.9 Å². The molecule has 0 aromatic carbocycles. The minimum Gasteiger partial charge on any atom is -0.354 e. The first kappa shape index (κ1) is 13.9. The Bertz CT molecular complexity index is 247. The summed E-state index contributed by atoms with van der Waals surface area (Å²) in [5.41, 5.74) is 0. The van der Waals surface area contributed by atoms with E-state index in [0.29, 0.717) is 19.8 Å². The van der Waals surface area contributed by atoms with Gasteiger partial charge in [-0.15, -0.1) is 0 Å². The fraction of sp³-hybridized carbons (Fsp3) is 0.667. The van der Waals surface area contributed by atoms with E-state index in [1.54, 1.807) is 0 Å². The maximum Gasteiger partial charge on any atom is 0.180 e. The molecule has 1 rings (SSSR count). The molecule has 4 heteroatoms. The Morgan fingerprint density at radius 3 is 2.44 bits per heavy atom. The van der Waals surface area contributed by atoms with E-state index < -0.39 is 4.51 Å². The molecule has 0 saturated carbocycles. The van der Waals surface area contributed by atoms with Crippen molar-refractivity contribution < 1.29 is 14.2 Å². The number of hydrogen-bond acceptors (Lipinski definition) is 3. The molecule has 1 atom stereocenters. The van der Waals surface area contributed by atoms with Gasteiger partial charge in [0.05, 0.1) is 6.61 Å². The summed E-state index contributed by atoms with van der Waals surface area (Å²) in [5.74, 6) is 0. The van der Waals surface area contributed by atoms with Crippen LogP contribution in [-0.4, -0.2) is 30.6 Å². The molecular weight excluding hydrogens is 272 g/mol. The van der Waals surface area contributed by atoms with Gasteiger partial charge < -0.3 is 14.2 Å². The van der Waals surface area contributed by atoms with Crippen molar-refractivity contribution in [1.82, 2.24) is 0 Å². The standard InChI is InChI=1S/C12H19BrO3/c1-3-14-11(15-4-2)10-16-12(13)8-6-5-7-9-12/h5-8,11H,3-4,9-10H2,1-2H3. The lowest BCUT2D eigenvalue weighted by Crippen LogP contribution is -2.31. The number of rotatable bonds is 7. The number of alkyl halides is 1. The lowest BCUT2D eigenvalue weighted by atomic mass is 10.1. The van der Waals surface area contributed by atoms with Crippen LogP contribution in [0, 0.1) is 0 Å². The molecule has 0 fully saturated rings. The quantitative estimate of drug-likeness (QED) is 0.533. The fourth-order valence-corrected chi connectivity index (χ4v) is 1.88. The Balaban J connectivity index is 2.35. The highest BCUT2D eigenvalue weighted by Gasteiger charge is 2.25. The highest BCUT2D eigenvalue weighted by Crippen LogP contribution is 2.29. The molecule has 0 aromatic heterocycles. The zero-order valence-corrected chi connectivity index (χ0v) is 11.4. The average Bonchev–Trinajstić information content (AvgIpc) is 2.28. The van der Waals surface area contributed by atoms with Crippen molar-refractivity contribution >= 4 is 15.9 Å². The third-order valence-corrected chi connectivity index (χ3v) is 2.97. The lowest BCUT2D eigenvalue weighted by molar-refractivity contribution is -0.175. The summed E-state index contributed by atoms with van der Waals surface area (Å²) in [6.07, 6.45) is 8.55. The molecule has 0 bridgehead atoms. The van der Waals surface area contributed by atoms with Gasteiger partial charge in [0.25, 0.3) is 0 Å². The van der Waals surface area contributed by atoms with E-state index in [1.807, 2.05) is 32.1 Å². The van der Waals surface area contributed by atoms with Gasteiger partial charge in [-0.25, -0.2) is 0 Å². The van der Waals surface area contributed by atoms with E-state index in [0.717, 1.165) is 6.42 Å². The molecule has 0 radical (unpaired) electrons. The van der Waals surface area contributed by atoms with Crippen LogP contribution in [0.15, 0.2) is 24.3 Å². The maximum atomic E-state index is 5.77. The molecule has 0 saturated heterocycles. The number of hydrogen-bond donors (Lipinski definition) is 0. The van der Waals surface area contributed by atoms with E-state index in [9.17, 15) is 0 Å². The lowest BCUT2D eigenvalue weighted by Gasteiger charge is -2.27. The minimum atomic E-state index is -0.409. The topological polar surface area (TPSA) is 27.7 Å². The van der Waals surface area contributed by atoms with Crippen molar-refractivity contribution in [3.05, 3.63) is 24.3 Å². The van der Waals surface area contributed by atoms with E-state index in [1.165, 1.54) is 0 Å². The van der Waals surface area contributed by atoms with Crippen LogP contribution in [0.3, 0.4) is 0 Å². The Labute approximate surface area is 106 Å². The summed E-state index contributed by atoms with van der Waals surface area (Å²) < 4.78 is 16.2. The van der Waals surface area contributed by atoms with Crippen LogP contribution in [0.1, 0.15) is 20.3 Å². The predicted molar refractivity (Wildman–Crippen MR) is 67.5 cm³/mol. The molecule has 0 aromatic rings. The molecule has 3 nitrogen and oxygen atoms in total. The first-order valence-corrected chi connectivity index (χ1v) is 6.40. The van der Waals surface area contributed by atoms with Crippen molar-refractivity contribution in [2.75, 3.05) is 19.8 Å². The Kier molecular flexibility index (Phi) is 6.28. The smallest absolute Gasteiger partial charge is 0.180 e. The van der Waals surface area contributed by atoms with Gasteiger partial charge in [0, 0.05) is 19.6 Å². The third-order valence-electron chi connectivity index (χ3n) is 2.15. The second kappa shape index (κ2) is 7.22. The minimum absolute atomic E-state index is 0.288. The molecule has 0 aliphatic heterocycles. The van der Waals surface area contributed by atoms with Gasteiger partial charge in [-0.1, -0.05) is 18.2 Å². The first-order chi connectivity index (χ1) is 7.70. The second-order valence-electron chi connectivity index (χ2n) is 3.43. The summed E-state index contributed by atoms with van der Waals surface area (Å²) in [7, 11) is 0. The SMILES string of the molecule is CCOC(COC1(Br)C=CC=CC1)OCC. The number of ether oxygens (including phenoxy) is 3. The van der Waals surface area contributed by atoms with Gasteiger partial charge in [0.15, 0.2) is 6.29 Å². The molecule has 1 unspecified atom stereocenters. The molecule has 0 spiro atoms. The molecule has 0 heterocycles. The van der Waals surface area contributed by atoms with Gasteiger partial charge in [-0.3, -0.25) is 0 Å². The number of allylic oxidation sites excluding steroid dienone is 2. The Morgan fingerprint density at radius 1 is 1.25 bits per heavy atom. The van der Waals surface area contributed by atoms with Gasteiger partial charge >= 0.3 is 0 Å². The van der Waals surface area contributed by atoms with Gasteiger partial charge in [0.1, 0.15) is 4.51 Å². The van der Waals surface area contributed by atoms with Crippen LogP contribution in [-0.2, 0) is 14.2 Å². The van der Waals surface area contributed by atoms with Crippen LogP contribution in [0.25, 0.3) is 0 Å². The van der Waals surface area contributed by atoms with Crippen molar-refractivity contribution in [3.8, 4) is 0 Å². The predicted octanol–water partition coefficient (Wildman–Crippen LogP) is 3.01. The molecule has 0 amide bonds. The van der Waals surface area contributed by atoms with Gasteiger partial charge in [0.2, 0.25) is 0 Å². The molecule has 92 valence electrons. The summed E-state index contributed by atoms with van der Waals surface area (Å²) in [5, 5.41) is 0. The summed E-state index contributed by atoms with van der Waals surface area (Å²) in [6, 6.07) is 0. The Morgan fingerprint density at radius 2 is 1.94 bits per heavy atom. The van der Waals surface area contributed by atoms with Gasteiger partial charge in [-0.2, -0.15) is 0 Å². The first-order valence-electron chi connectivity index (χ1n) is 5.60. The van der Waals surface area contributed by atoms with Gasteiger partial charge in [-0.05, 0) is 35.9 Å². The largest absolute Gasteiger partial charge is 0.354 e. The zero-order chi connectivity index (χ0) is 11.9. The Hall–Kier alpha value is -0.160. The zero-order valence-electron chi connectivity index (χ0n) is 9.82. The number of halogens is 1. The fourth-order valence-electron chi connectivity index (χ4n) is 1.40. The highest BCUT2D eigenvalue weighted by atomic mass is 79.9. The average molecular weight is 291 g/mol. The third kappa shape index (κ3) is 4.78. The molecule has 1 aliphatic rings. The molecule has 16 heavy (non-hydrogen) atoms. The van der Waals surface area contributed by atoms with Crippen LogP contribution in [0.5, 0.6) is 0 Å². The van der Waals surface area contributed by atoms with E-state index in [-0.39, 0.29) is 6.29 Å². The van der Waals surface area contributed by atoms with Crippen LogP contribution in [0.2, 0.25) is 0 Å². The summed E-state index contributed by atoms with van der Waals surface area (Å²) in [6.45, 7) is 5.56. The van der Waals surface area contributed by atoms with E-state index >= 15 is 0 Å². The summed E-state index contributed by atoms with van der Waals surface area (Å²) >= 11 is 3.56. The second-order valence-corrected chi connectivity index (χ2v) is 4.77. The van der Waals surface area contributed by atoms with E-state index in [2.05, 4.69) is 22.0 Å².